The Kier molecular flexibility index (Phi) is 4.36. The van der Waals surface area contributed by atoms with E-state index >= 15 is 0 Å². The van der Waals surface area contributed by atoms with Crippen molar-refractivity contribution in [2.24, 2.45) is 0 Å². The van der Waals surface area contributed by atoms with Gasteiger partial charge in [0.05, 0.1) is 19.9 Å². The van der Waals surface area contributed by atoms with E-state index in [1.165, 1.54) is 7.11 Å². The average Bonchev–Trinajstić information content (AvgIpc) is 2.93. The van der Waals surface area contributed by atoms with Crippen molar-refractivity contribution >= 4 is 5.97 Å². The van der Waals surface area contributed by atoms with Crippen LogP contribution >= 0.6 is 0 Å². The van der Waals surface area contributed by atoms with E-state index in [9.17, 15) is 4.79 Å². The molecule has 1 heterocycles. The predicted molar refractivity (Wildman–Crippen MR) is 71.4 cm³/mol. The van der Waals surface area contributed by atoms with Crippen molar-refractivity contribution in [3.05, 3.63) is 60.1 Å². The van der Waals surface area contributed by atoms with Gasteiger partial charge in [-0.1, -0.05) is 30.3 Å². The zero-order valence-corrected chi connectivity index (χ0v) is 11.1. The molecule has 0 spiro atoms. The first kappa shape index (κ1) is 13.4. The Morgan fingerprint density at radius 3 is 2.58 bits per heavy atom. The fourth-order valence-electron chi connectivity index (χ4n) is 2.06. The summed E-state index contributed by atoms with van der Waals surface area (Å²) in [4.78, 5) is 13.9. The predicted octanol–water partition coefficient (Wildman–Crippen LogP) is 2.63. The Balaban J connectivity index is 2.20. The van der Waals surface area contributed by atoms with Crippen LogP contribution in [-0.2, 0) is 16.1 Å². The summed E-state index contributed by atoms with van der Waals surface area (Å²) in [6.45, 7) is 0.543. The minimum absolute atomic E-state index is 0.278. The van der Waals surface area contributed by atoms with E-state index in [1.54, 1.807) is 6.26 Å². The number of benzene rings is 1. The number of carbonyl (C=O) groups is 1. The molecule has 0 bridgehead atoms. The minimum Gasteiger partial charge on any atom is -0.468 e. The van der Waals surface area contributed by atoms with Crippen LogP contribution in [0.1, 0.15) is 17.4 Å². The summed E-state index contributed by atoms with van der Waals surface area (Å²) < 4.78 is 10.2. The molecule has 4 heteroatoms. The summed E-state index contributed by atoms with van der Waals surface area (Å²) in [5.41, 5.74) is 0.906. The van der Waals surface area contributed by atoms with Crippen molar-refractivity contribution < 1.29 is 13.9 Å². The number of nitrogens with zero attached hydrogens (tertiary/aromatic N) is 1. The number of carbonyl (C=O) groups excluding carboxylic acids is 1. The molecule has 0 saturated carbocycles. The second-order valence-corrected chi connectivity index (χ2v) is 4.33. The molecule has 100 valence electrons. The molecule has 1 unspecified atom stereocenters. The molecule has 0 amide bonds. The van der Waals surface area contributed by atoms with Gasteiger partial charge >= 0.3 is 5.97 Å². The van der Waals surface area contributed by atoms with E-state index in [0.29, 0.717) is 6.54 Å². The highest BCUT2D eigenvalue weighted by Gasteiger charge is 2.26. The molecule has 0 fully saturated rings. The third kappa shape index (κ3) is 3.23. The van der Waals surface area contributed by atoms with Crippen molar-refractivity contribution in [1.82, 2.24) is 4.90 Å². The number of likely N-dealkylation sites (N-methyl/N-ethyl adjacent to an activating group) is 1. The van der Waals surface area contributed by atoms with Crippen LogP contribution in [0.3, 0.4) is 0 Å². The molecule has 2 aromatic rings. The fraction of sp³-hybridized carbons (Fsp3) is 0.267. The first-order valence-corrected chi connectivity index (χ1v) is 6.07. The van der Waals surface area contributed by atoms with Gasteiger partial charge in [-0.3, -0.25) is 4.90 Å². The highest BCUT2D eigenvalue weighted by atomic mass is 16.5. The summed E-state index contributed by atoms with van der Waals surface area (Å²) in [5.74, 6) is 0.535. The standard InChI is InChI=1S/C15H17NO3/c1-16(11-13-9-6-10-19-13)14(15(17)18-2)12-7-4-3-5-8-12/h3-10,14H,11H2,1-2H3. The minimum atomic E-state index is -0.434. The number of rotatable bonds is 5. The Hall–Kier alpha value is -2.07. The van der Waals surface area contributed by atoms with Crippen LogP contribution in [-0.4, -0.2) is 25.0 Å². The van der Waals surface area contributed by atoms with Crippen molar-refractivity contribution in [3.63, 3.8) is 0 Å². The highest BCUT2D eigenvalue weighted by molar-refractivity contribution is 5.77. The van der Waals surface area contributed by atoms with Crippen LogP contribution in [0.25, 0.3) is 0 Å². The summed E-state index contributed by atoms with van der Waals surface area (Å²) in [7, 11) is 3.27. The molecule has 0 saturated heterocycles. The third-order valence-electron chi connectivity index (χ3n) is 2.97. The van der Waals surface area contributed by atoms with Gasteiger partial charge in [0, 0.05) is 0 Å². The van der Waals surface area contributed by atoms with Crippen LogP contribution in [0.2, 0.25) is 0 Å². The molecule has 19 heavy (non-hydrogen) atoms. The van der Waals surface area contributed by atoms with Gasteiger partial charge in [-0.15, -0.1) is 0 Å². The lowest BCUT2D eigenvalue weighted by molar-refractivity contribution is -0.147. The molecule has 1 atom stereocenters. The molecule has 1 aromatic heterocycles. The SMILES string of the molecule is COC(=O)C(c1ccccc1)N(C)Cc1ccco1. The van der Waals surface area contributed by atoms with Gasteiger partial charge in [0.2, 0.25) is 0 Å². The first-order chi connectivity index (χ1) is 9.22. The number of hydrogen-bond acceptors (Lipinski definition) is 4. The molecular weight excluding hydrogens is 242 g/mol. The number of methoxy groups -OCH3 is 1. The first-order valence-electron chi connectivity index (χ1n) is 6.07. The zero-order valence-electron chi connectivity index (χ0n) is 11.1. The normalized spacial score (nSPS) is 12.4. The van der Waals surface area contributed by atoms with Crippen molar-refractivity contribution in [3.8, 4) is 0 Å². The van der Waals surface area contributed by atoms with Crippen molar-refractivity contribution in [2.45, 2.75) is 12.6 Å². The lowest BCUT2D eigenvalue weighted by atomic mass is 10.1. The molecule has 0 aliphatic carbocycles. The summed E-state index contributed by atoms with van der Waals surface area (Å²) in [6, 6.07) is 12.9. The Bertz CT molecular complexity index is 507. The van der Waals surface area contributed by atoms with E-state index in [4.69, 9.17) is 9.15 Å². The molecule has 2 rings (SSSR count). The van der Waals surface area contributed by atoms with Crippen LogP contribution in [0.4, 0.5) is 0 Å². The Labute approximate surface area is 112 Å². The Morgan fingerprint density at radius 1 is 1.26 bits per heavy atom. The van der Waals surface area contributed by atoms with Gasteiger partial charge in [-0.25, -0.2) is 4.79 Å². The van der Waals surface area contributed by atoms with E-state index < -0.39 is 6.04 Å². The maximum atomic E-state index is 12.0. The van der Waals surface area contributed by atoms with Gasteiger partial charge in [-0.2, -0.15) is 0 Å². The number of furan rings is 1. The number of esters is 1. The summed E-state index contributed by atoms with van der Waals surface area (Å²) >= 11 is 0. The molecule has 0 aliphatic rings. The molecular formula is C15H17NO3. The quantitative estimate of drug-likeness (QED) is 0.774. The van der Waals surface area contributed by atoms with Crippen molar-refractivity contribution in [2.75, 3.05) is 14.2 Å². The second-order valence-electron chi connectivity index (χ2n) is 4.33. The Morgan fingerprint density at radius 2 is 2.00 bits per heavy atom. The zero-order chi connectivity index (χ0) is 13.7. The molecule has 4 nitrogen and oxygen atoms in total. The van der Waals surface area contributed by atoms with Crippen LogP contribution < -0.4 is 0 Å². The summed E-state index contributed by atoms with van der Waals surface area (Å²) in [6.07, 6.45) is 1.62. The maximum absolute atomic E-state index is 12.0. The molecule has 0 aliphatic heterocycles. The molecule has 0 N–H and O–H groups in total. The lowest BCUT2D eigenvalue weighted by Gasteiger charge is -2.25. The lowest BCUT2D eigenvalue weighted by Crippen LogP contribution is -2.31. The number of hydrogen-bond donors (Lipinski definition) is 0. The van der Waals surface area contributed by atoms with E-state index in [1.807, 2.05) is 54.4 Å². The van der Waals surface area contributed by atoms with Gasteiger partial charge < -0.3 is 9.15 Å². The molecule has 1 aromatic carbocycles. The third-order valence-corrected chi connectivity index (χ3v) is 2.97. The topological polar surface area (TPSA) is 42.7 Å². The maximum Gasteiger partial charge on any atom is 0.327 e. The largest absolute Gasteiger partial charge is 0.468 e. The van der Waals surface area contributed by atoms with Crippen LogP contribution in [0.5, 0.6) is 0 Å². The van der Waals surface area contributed by atoms with E-state index in [2.05, 4.69) is 0 Å². The van der Waals surface area contributed by atoms with Gasteiger partial charge in [0.15, 0.2) is 0 Å². The monoisotopic (exact) mass is 259 g/mol. The number of ether oxygens (including phenoxy) is 1. The van der Waals surface area contributed by atoms with E-state index in [0.717, 1.165) is 11.3 Å². The average molecular weight is 259 g/mol. The molecule has 0 radical (unpaired) electrons. The van der Waals surface area contributed by atoms with Crippen molar-refractivity contribution in [1.29, 1.82) is 0 Å². The van der Waals surface area contributed by atoms with E-state index in [-0.39, 0.29) is 5.97 Å². The van der Waals surface area contributed by atoms with Crippen LogP contribution in [0.15, 0.2) is 53.1 Å². The van der Waals surface area contributed by atoms with Gasteiger partial charge in [-0.05, 0) is 24.7 Å². The van der Waals surface area contributed by atoms with Crippen LogP contribution in [0, 0.1) is 0 Å². The van der Waals surface area contributed by atoms with Gasteiger partial charge in [0.25, 0.3) is 0 Å². The van der Waals surface area contributed by atoms with Gasteiger partial charge in [0.1, 0.15) is 11.8 Å². The second kappa shape index (κ2) is 6.20. The highest BCUT2D eigenvalue weighted by Crippen LogP contribution is 2.22. The fourth-order valence-corrected chi connectivity index (χ4v) is 2.06. The summed E-state index contributed by atoms with van der Waals surface area (Å²) in [5, 5.41) is 0. The smallest absolute Gasteiger partial charge is 0.327 e.